The third kappa shape index (κ3) is 2.39. The molecule has 0 saturated carbocycles. The monoisotopic (exact) mass is 248 g/mol. The summed E-state index contributed by atoms with van der Waals surface area (Å²) in [6, 6.07) is 12.2. The van der Waals surface area contributed by atoms with E-state index in [9.17, 15) is 0 Å². The Balaban J connectivity index is 2.19. The lowest BCUT2D eigenvalue weighted by Gasteiger charge is -2.00. The molecular weight excluding hydrogens is 240 g/mol. The predicted molar refractivity (Wildman–Crippen MR) is 59.0 cm³/mol. The van der Waals surface area contributed by atoms with Crippen LogP contribution in [-0.2, 0) is 6.42 Å². The zero-order chi connectivity index (χ0) is 9.80. The molecule has 0 spiro atoms. The van der Waals surface area contributed by atoms with Crippen LogP contribution in [0.1, 0.15) is 11.3 Å². The maximum Gasteiger partial charge on any atom is 0.196 e. The highest BCUT2D eigenvalue weighted by Gasteiger charge is 1.97. The summed E-state index contributed by atoms with van der Waals surface area (Å²) >= 11 is 3.25. The van der Waals surface area contributed by atoms with Crippen LogP contribution < -0.4 is 0 Å². The summed E-state index contributed by atoms with van der Waals surface area (Å²) in [5.41, 5.74) is 2.29. The lowest BCUT2D eigenvalue weighted by molar-refractivity contribution is 0.997. The first-order valence-corrected chi connectivity index (χ1v) is 5.15. The highest BCUT2D eigenvalue weighted by atomic mass is 79.9. The third-order valence-corrected chi connectivity index (χ3v) is 2.29. The molecule has 0 fully saturated rings. The molecule has 2 rings (SSSR count). The Bertz CT molecular complexity index is 415. The van der Waals surface area contributed by atoms with Gasteiger partial charge >= 0.3 is 0 Å². The topological polar surface area (TPSA) is 25.8 Å². The van der Waals surface area contributed by atoms with Gasteiger partial charge in [-0.2, -0.15) is 0 Å². The van der Waals surface area contributed by atoms with Crippen LogP contribution in [0.5, 0.6) is 0 Å². The standard InChI is InChI=1S/C11H9BrN2/c12-11-13-7-6-10(14-11)8-9-4-2-1-3-5-9/h1-7H,8H2. The second kappa shape index (κ2) is 4.33. The van der Waals surface area contributed by atoms with Gasteiger partial charge in [0.05, 0.1) is 0 Å². The molecule has 2 nitrogen and oxygen atoms in total. The van der Waals surface area contributed by atoms with Gasteiger partial charge < -0.3 is 0 Å². The number of aromatic nitrogens is 2. The summed E-state index contributed by atoms with van der Waals surface area (Å²) in [4.78, 5) is 8.26. The molecule has 0 aliphatic heterocycles. The second-order valence-corrected chi connectivity index (χ2v) is 3.69. The molecule has 1 aromatic carbocycles. The SMILES string of the molecule is Brc1nccc(Cc2ccccc2)n1. The van der Waals surface area contributed by atoms with Crippen LogP contribution in [0.25, 0.3) is 0 Å². The van der Waals surface area contributed by atoms with Crippen LogP contribution in [0, 0.1) is 0 Å². The van der Waals surface area contributed by atoms with Gasteiger partial charge in [-0.3, -0.25) is 0 Å². The molecule has 1 aromatic heterocycles. The fourth-order valence-corrected chi connectivity index (χ4v) is 1.62. The fraction of sp³-hybridized carbons (Fsp3) is 0.0909. The first-order chi connectivity index (χ1) is 6.84. The molecule has 0 unspecified atom stereocenters. The molecule has 0 aliphatic rings. The third-order valence-electron chi connectivity index (χ3n) is 1.91. The summed E-state index contributed by atoms with van der Waals surface area (Å²) in [6.45, 7) is 0. The molecule has 0 aliphatic carbocycles. The quantitative estimate of drug-likeness (QED) is 0.765. The molecule has 0 amide bonds. The van der Waals surface area contributed by atoms with Crippen LogP contribution >= 0.6 is 15.9 Å². The number of rotatable bonds is 2. The number of hydrogen-bond donors (Lipinski definition) is 0. The van der Waals surface area contributed by atoms with E-state index in [1.54, 1.807) is 6.20 Å². The lowest BCUT2D eigenvalue weighted by Crippen LogP contribution is -1.93. The van der Waals surface area contributed by atoms with Crippen LogP contribution in [0.4, 0.5) is 0 Å². The highest BCUT2D eigenvalue weighted by Crippen LogP contribution is 2.08. The number of benzene rings is 1. The summed E-state index contributed by atoms with van der Waals surface area (Å²) in [7, 11) is 0. The Kier molecular flexibility index (Phi) is 2.89. The first-order valence-electron chi connectivity index (χ1n) is 4.36. The number of nitrogens with zero attached hydrogens (tertiary/aromatic N) is 2. The van der Waals surface area contributed by atoms with E-state index in [0.717, 1.165) is 12.1 Å². The number of halogens is 1. The molecule has 0 radical (unpaired) electrons. The lowest BCUT2D eigenvalue weighted by atomic mass is 10.1. The average molecular weight is 249 g/mol. The summed E-state index contributed by atoms with van der Waals surface area (Å²) in [5, 5.41) is 0. The van der Waals surface area contributed by atoms with Gasteiger partial charge in [-0.1, -0.05) is 30.3 Å². The normalized spacial score (nSPS) is 10.1. The second-order valence-electron chi connectivity index (χ2n) is 2.98. The molecule has 3 heteroatoms. The van der Waals surface area contributed by atoms with Gasteiger partial charge in [0.2, 0.25) is 0 Å². The fourth-order valence-electron chi connectivity index (χ4n) is 1.27. The van der Waals surface area contributed by atoms with Gasteiger partial charge in [0.1, 0.15) is 0 Å². The molecule has 0 N–H and O–H groups in total. The smallest absolute Gasteiger partial charge is 0.196 e. The van der Waals surface area contributed by atoms with Crippen molar-refractivity contribution >= 4 is 15.9 Å². The molecule has 0 bridgehead atoms. The van der Waals surface area contributed by atoms with Gasteiger partial charge in [-0.25, -0.2) is 9.97 Å². The Labute approximate surface area is 91.2 Å². The Morgan fingerprint density at radius 3 is 2.57 bits per heavy atom. The van der Waals surface area contributed by atoms with E-state index in [0.29, 0.717) is 4.73 Å². The van der Waals surface area contributed by atoms with E-state index in [2.05, 4.69) is 38.0 Å². The van der Waals surface area contributed by atoms with Gasteiger partial charge in [0, 0.05) is 18.3 Å². The average Bonchev–Trinajstić information content (AvgIpc) is 2.19. The van der Waals surface area contributed by atoms with E-state index in [4.69, 9.17) is 0 Å². The minimum absolute atomic E-state index is 0.644. The summed E-state index contributed by atoms with van der Waals surface area (Å²) < 4.78 is 0.644. The van der Waals surface area contributed by atoms with E-state index in [1.807, 2.05) is 24.3 Å². The molecular formula is C11H9BrN2. The van der Waals surface area contributed by atoms with E-state index in [-0.39, 0.29) is 0 Å². The van der Waals surface area contributed by atoms with Crippen molar-refractivity contribution in [3.05, 3.63) is 58.6 Å². The number of hydrogen-bond acceptors (Lipinski definition) is 2. The predicted octanol–water partition coefficient (Wildman–Crippen LogP) is 2.83. The van der Waals surface area contributed by atoms with Crippen molar-refractivity contribution in [3.8, 4) is 0 Å². The molecule has 0 saturated heterocycles. The molecule has 0 atom stereocenters. The Morgan fingerprint density at radius 1 is 1.07 bits per heavy atom. The Morgan fingerprint density at radius 2 is 1.86 bits per heavy atom. The maximum absolute atomic E-state index is 4.27. The van der Waals surface area contributed by atoms with E-state index < -0.39 is 0 Å². The van der Waals surface area contributed by atoms with Crippen LogP contribution in [0.2, 0.25) is 0 Å². The van der Waals surface area contributed by atoms with Crippen LogP contribution in [-0.4, -0.2) is 9.97 Å². The largest absolute Gasteiger partial charge is 0.231 e. The van der Waals surface area contributed by atoms with Crippen molar-refractivity contribution in [1.29, 1.82) is 0 Å². The van der Waals surface area contributed by atoms with E-state index >= 15 is 0 Å². The highest BCUT2D eigenvalue weighted by molar-refractivity contribution is 9.10. The van der Waals surface area contributed by atoms with Crippen molar-refractivity contribution in [1.82, 2.24) is 9.97 Å². The van der Waals surface area contributed by atoms with Crippen LogP contribution in [0.3, 0.4) is 0 Å². The minimum Gasteiger partial charge on any atom is -0.231 e. The van der Waals surface area contributed by atoms with Crippen molar-refractivity contribution in [2.75, 3.05) is 0 Å². The van der Waals surface area contributed by atoms with Gasteiger partial charge in [-0.15, -0.1) is 0 Å². The van der Waals surface area contributed by atoms with E-state index in [1.165, 1.54) is 5.56 Å². The van der Waals surface area contributed by atoms with Crippen LogP contribution in [0.15, 0.2) is 47.3 Å². The summed E-state index contributed by atoms with van der Waals surface area (Å²) in [6.07, 6.45) is 2.61. The zero-order valence-corrected chi connectivity index (χ0v) is 9.11. The molecule has 2 aromatic rings. The first kappa shape index (κ1) is 9.34. The van der Waals surface area contributed by atoms with Gasteiger partial charge in [0.25, 0.3) is 0 Å². The van der Waals surface area contributed by atoms with Crippen molar-refractivity contribution in [2.24, 2.45) is 0 Å². The minimum atomic E-state index is 0.644. The zero-order valence-electron chi connectivity index (χ0n) is 7.52. The Hall–Kier alpha value is -1.22. The maximum atomic E-state index is 4.27. The van der Waals surface area contributed by atoms with Crippen molar-refractivity contribution < 1.29 is 0 Å². The van der Waals surface area contributed by atoms with Gasteiger partial charge in [-0.05, 0) is 27.6 Å². The van der Waals surface area contributed by atoms with Crippen molar-refractivity contribution in [2.45, 2.75) is 6.42 Å². The molecule has 1 heterocycles. The van der Waals surface area contributed by atoms with Gasteiger partial charge in [0.15, 0.2) is 4.73 Å². The van der Waals surface area contributed by atoms with Crippen molar-refractivity contribution in [3.63, 3.8) is 0 Å². The molecule has 14 heavy (non-hydrogen) atoms. The summed E-state index contributed by atoms with van der Waals surface area (Å²) in [5.74, 6) is 0. The molecule has 70 valence electrons.